The molecule has 0 bridgehead atoms. The fraction of sp³-hybridized carbons (Fsp3) is 0.0714. The molecule has 0 aliphatic heterocycles. The molecule has 0 aliphatic rings. The molecule has 4 nitrogen and oxygen atoms in total. The number of nitrogens with one attached hydrogen (secondary N) is 2. The first-order valence-electron chi connectivity index (χ1n) is 5.89. The van der Waals surface area contributed by atoms with Crippen LogP contribution in [0.2, 0.25) is 0 Å². The normalized spacial score (nSPS) is 12.8. The van der Waals surface area contributed by atoms with E-state index < -0.39 is 6.10 Å². The van der Waals surface area contributed by atoms with Gasteiger partial charge in [0.05, 0.1) is 11.0 Å². The van der Waals surface area contributed by atoms with Gasteiger partial charge in [-0.1, -0.05) is 44.0 Å². The minimum absolute atomic E-state index is 0.262. The van der Waals surface area contributed by atoms with Crippen LogP contribution in [0.15, 0.2) is 50.1 Å². The molecule has 6 heteroatoms. The Balaban J connectivity index is 2.10. The number of aliphatic hydroxyl groups is 1. The van der Waals surface area contributed by atoms with Crippen LogP contribution in [0, 0.1) is 0 Å². The van der Waals surface area contributed by atoms with Gasteiger partial charge >= 0.3 is 5.69 Å². The number of imidazole rings is 1. The van der Waals surface area contributed by atoms with E-state index in [1.54, 1.807) is 12.1 Å². The molecule has 0 saturated carbocycles. The lowest BCUT2D eigenvalue weighted by Gasteiger charge is -2.13. The maximum absolute atomic E-state index is 11.3. The number of hydrogen-bond acceptors (Lipinski definition) is 2. The van der Waals surface area contributed by atoms with Gasteiger partial charge < -0.3 is 15.1 Å². The van der Waals surface area contributed by atoms with E-state index in [9.17, 15) is 9.90 Å². The average molecular weight is 398 g/mol. The van der Waals surface area contributed by atoms with Gasteiger partial charge in [-0.25, -0.2) is 4.79 Å². The molecule has 0 spiro atoms. The van der Waals surface area contributed by atoms with Gasteiger partial charge in [-0.15, -0.1) is 0 Å². The van der Waals surface area contributed by atoms with Crippen LogP contribution < -0.4 is 5.69 Å². The van der Waals surface area contributed by atoms with E-state index >= 15 is 0 Å². The molecule has 102 valence electrons. The van der Waals surface area contributed by atoms with Crippen molar-refractivity contribution in [3.63, 3.8) is 0 Å². The first kappa shape index (κ1) is 13.6. The smallest absolute Gasteiger partial charge is 0.323 e. The Kier molecular flexibility index (Phi) is 3.54. The van der Waals surface area contributed by atoms with Crippen LogP contribution in [-0.2, 0) is 0 Å². The summed E-state index contributed by atoms with van der Waals surface area (Å²) in [5.74, 6) is 0. The molecule has 0 amide bonds. The lowest BCUT2D eigenvalue weighted by molar-refractivity contribution is 0.219. The number of aromatic amines is 2. The standard InChI is InChI=1S/C14H10Br2N2O2/c15-8-3-1-7(2-4-8)13(19)9-5-11-12(6-10(9)16)18-14(20)17-11/h1-6,13,19H,(H2,17,18,20). The Morgan fingerprint density at radius 1 is 1.00 bits per heavy atom. The molecular formula is C14H10Br2N2O2. The van der Waals surface area contributed by atoms with Crippen LogP contribution in [0.25, 0.3) is 11.0 Å². The summed E-state index contributed by atoms with van der Waals surface area (Å²) in [4.78, 5) is 16.7. The Morgan fingerprint density at radius 3 is 2.25 bits per heavy atom. The van der Waals surface area contributed by atoms with Crippen molar-refractivity contribution in [2.24, 2.45) is 0 Å². The van der Waals surface area contributed by atoms with Crippen LogP contribution in [0.4, 0.5) is 0 Å². The maximum atomic E-state index is 11.3. The number of benzene rings is 2. The van der Waals surface area contributed by atoms with Gasteiger partial charge in [0, 0.05) is 14.5 Å². The summed E-state index contributed by atoms with van der Waals surface area (Å²) in [7, 11) is 0. The van der Waals surface area contributed by atoms with Gasteiger partial charge in [0.25, 0.3) is 0 Å². The Hall–Kier alpha value is -1.37. The number of aromatic nitrogens is 2. The summed E-state index contributed by atoms with van der Waals surface area (Å²) < 4.78 is 1.70. The van der Waals surface area contributed by atoms with E-state index in [1.165, 1.54) is 0 Å². The van der Waals surface area contributed by atoms with E-state index in [-0.39, 0.29) is 5.69 Å². The second-order valence-corrected chi connectivity index (χ2v) is 6.22. The van der Waals surface area contributed by atoms with E-state index in [4.69, 9.17) is 0 Å². The largest absolute Gasteiger partial charge is 0.384 e. The Morgan fingerprint density at radius 2 is 1.60 bits per heavy atom. The fourth-order valence-corrected chi connectivity index (χ4v) is 2.93. The molecular weight excluding hydrogens is 388 g/mol. The number of H-pyrrole nitrogens is 2. The van der Waals surface area contributed by atoms with Gasteiger partial charge in [0.15, 0.2) is 0 Å². The third-order valence-corrected chi connectivity index (χ3v) is 4.33. The van der Waals surface area contributed by atoms with Gasteiger partial charge in [-0.2, -0.15) is 0 Å². The van der Waals surface area contributed by atoms with Crippen molar-refractivity contribution in [3.05, 3.63) is 67.0 Å². The van der Waals surface area contributed by atoms with E-state index in [1.807, 2.05) is 24.3 Å². The number of hydrogen-bond donors (Lipinski definition) is 3. The zero-order valence-corrected chi connectivity index (χ0v) is 13.3. The third-order valence-electron chi connectivity index (χ3n) is 3.11. The molecule has 0 aliphatic carbocycles. The lowest BCUT2D eigenvalue weighted by atomic mass is 10.0. The summed E-state index contributed by atoms with van der Waals surface area (Å²) in [6.45, 7) is 0. The van der Waals surface area contributed by atoms with Crippen molar-refractivity contribution in [1.29, 1.82) is 0 Å². The van der Waals surface area contributed by atoms with Crippen LogP contribution in [-0.4, -0.2) is 15.1 Å². The second kappa shape index (κ2) is 5.20. The third kappa shape index (κ3) is 2.46. The van der Waals surface area contributed by atoms with Crippen LogP contribution in [0.5, 0.6) is 0 Å². The maximum Gasteiger partial charge on any atom is 0.323 e. The Labute approximate surface area is 131 Å². The van der Waals surface area contributed by atoms with Crippen molar-refractivity contribution in [3.8, 4) is 0 Å². The number of halogens is 2. The van der Waals surface area contributed by atoms with Gasteiger partial charge in [0.2, 0.25) is 0 Å². The summed E-state index contributed by atoms with van der Waals surface area (Å²) in [5, 5.41) is 10.5. The van der Waals surface area contributed by atoms with Crippen molar-refractivity contribution >= 4 is 42.9 Å². The highest BCUT2D eigenvalue weighted by molar-refractivity contribution is 9.10. The van der Waals surface area contributed by atoms with Gasteiger partial charge in [-0.3, -0.25) is 0 Å². The summed E-state index contributed by atoms with van der Waals surface area (Å²) in [6, 6.07) is 11.0. The van der Waals surface area contributed by atoms with Gasteiger partial charge in [0.1, 0.15) is 6.10 Å². The molecule has 3 rings (SSSR count). The van der Waals surface area contributed by atoms with Crippen LogP contribution >= 0.6 is 31.9 Å². The second-order valence-electron chi connectivity index (χ2n) is 4.45. The molecule has 0 radical (unpaired) electrons. The monoisotopic (exact) mass is 396 g/mol. The molecule has 1 aromatic heterocycles. The first-order chi connectivity index (χ1) is 9.54. The first-order valence-corrected chi connectivity index (χ1v) is 7.48. The Bertz CT molecular complexity index is 821. The molecule has 3 aromatic rings. The zero-order valence-electron chi connectivity index (χ0n) is 10.2. The molecule has 3 N–H and O–H groups in total. The van der Waals surface area contributed by atoms with Gasteiger partial charge in [-0.05, 0) is 29.8 Å². The molecule has 2 aromatic carbocycles. The predicted octanol–water partition coefficient (Wildman–Crippen LogP) is 3.46. The highest BCUT2D eigenvalue weighted by atomic mass is 79.9. The topological polar surface area (TPSA) is 68.9 Å². The van der Waals surface area contributed by atoms with Crippen molar-refractivity contribution in [2.75, 3.05) is 0 Å². The highest BCUT2D eigenvalue weighted by Crippen LogP contribution is 2.31. The average Bonchev–Trinajstić information content (AvgIpc) is 2.77. The number of fused-ring (bicyclic) bond motifs is 1. The molecule has 1 heterocycles. The number of aliphatic hydroxyl groups excluding tert-OH is 1. The highest BCUT2D eigenvalue weighted by Gasteiger charge is 2.15. The summed E-state index contributed by atoms with van der Waals surface area (Å²) in [5.41, 5.74) is 2.60. The van der Waals surface area contributed by atoms with Crippen LogP contribution in [0.1, 0.15) is 17.2 Å². The fourth-order valence-electron chi connectivity index (χ4n) is 2.11. The van der Waals surface area contributed by atoms with E-state index in [0.29, 0.717) is 16.6 Å². The summed E-state index contributed by atoms with van der Waals surface area (Å²) in [6.07, 6.45) is -0.764. The molecule has 1 atom stereocenters. The van der Waals surface area contributed by atoms with Crippen molar-refractivity contribution < 1.29 is 5.11 Å². The molecule has 0 fully saturated rings. The summed E-state index contributed by atoms with van der Waals surface area (Å²) >= 11 is 6.80. The SMILES string of the molecule is O=c1[nH]c2cc(Br)c(C(O)c3ccc(Br)cc3)cc2[nH]1. The van der Waals surface area contributed by atoms with E-state index in [2.05, 4.69) is 41.8 Å². The predicted molar refractivity (Wildman–Crippen MR) is 84.8 cm³/mol. The zero-order chi connectivity index (χ0) is 14.3. The minimum Gasteiger partial charge on any atom is -0.384 e. The van der Waals surface area contributed by atoms with Crippen LogP contribution in [0.3, 0.4) is 0 Å². The molecule has 20 heavy (non-hydrogen) atoms. The minimum atomic E-state index is -0.764. The molecule has 0 saturated heterocycles. The van der Waals surface area contributed by atoms with E-state index in [0.717, 1.165) is 14.5 Å². The van der Waals surface area contributed by atoms with Crippen molar-refractivity contribution in [2.45, 2.75) is 6.10 Å². The lowest BCUT2D eigenvalue weighted by Crippen LogP contribution is -2.00. The van der Waals surface area contributed by atoms with Crippen molar-refractivity contribution in [1.82, 2.24) is 9.97 Å². The number of rotatable bonds is 2. The molecule has 1 unspecified atom stereocenters. The quantitative estimate of drug-likeness (QED) is 0.619.